The van der Waals surface area contributed by atoms with Crippen LogP contribution in [0, 0.1) is 23.1 Å². The zero-order valence-electron chi connectivity index (χ0n) is 14.8. The molecule has 1 heterocycles. The van der Waals surface area contributed by atoms with Gasteiger partial charge in [-0.05, 0) is 58.5 Å². The van der Waals surface area contributed by atoms with Crippen LogP contribution < -0.4 is 0 Å². The van der Waals surface area contributed by atoms with E-state index in [1.165, 1.54) is 12.0 Å². The third kappa shape index (κ3) is 2.90. The Labute approximate surface area is 130 Å². The Balaban J connectivity index is 1.90. The molecule has 0 aromatic carbocycles. The SMILES string of the molecule is [2H][C@@]1(CN(C)C)C(=O)OC2C3C[C@]3(C)CC/C=C(\C)CCC21. The van der Waals surface area contributed by atoms with Crippen molar-refractivity contribution in [2.45, 2.75) is 52.1 Å². The molecule has 1 saturated heterocycles. The van der Waals surface area contributed by atoms with Gasteiger partial charge in [0.2, 0.25) is 0 Å². The van der Waals surface area contributed by atoms with Crippen LogP contribution in [-0.4, -0.2) is 37.6 Å². The van der Waals surface area contributed by atoms with E-state index < -0.39 is 5.89 Å². The molecular weight excluding hydrogens is 262 g/mol. The van der Waals surface area contributed by atoms with E-state index in [2.05, 4.69) is 19.9 Å². The molecule has 0 amide bonds. The van der Waals surface area contributed by atoms with E-state index in [-0.39, 0.29) is 18.0 Å². The summed E-state index contributed by atoms with van der Waals surface area (Å²) in [7, 11) is 3.87. The summed E-state index contributed by atoms with van der Waals surface area (Å²) in [5.41, 5.74) is 1.70. The van der Waals surface area contributed by atoms with Crippen LogP contribution in [-0.2, 0) is 9.53 Å². The minimum absolute atomic E-state index is 0.0238. The molecule has 3 heteroatoms. The second kappa shape index (κ2) is 5.42. The molecule has 1 aliphatic heterocycles. The molecule has 21 heavy (non-hydrogen) atoms. The van der Waals surface area contributed by atoms with Gasteiger partial charge in [0.15, 0.2) is 0 Å². The fraction of sp³-hybridized carbons (Fsp3) is 0.833. The van der Waals surface area contributed by atoms with Crippen molar-refractivity contribution in [3.8, 4) is 0 Å². The third-order valence-corrected chi connectivity index (χ3v) is 5.71. The number of allylic oxidation sites excluding steroid dienone is 2. The number of ether oxygens (including phenoxy) is 1. The second-order valence-corrected chi connectivity index (χ2v) is 7.83. The first-order valence-corrected chi connectivity index (χ1v) is 8.28. The van der Waals surface area contributed by atoms with Crippen molar-refractivity contribution in [2.24, 2.45) is 23.1 Å². The summed E-state index contributed by atoms with van der Waals surface area (Å²) in [6.45, 7) is 4.96. The fourth-order valence-electron chi connectivity index (χ4n) is 4.23. The lowest BCUT2D eigenvalue weighted by molar-refractivity contribution is -0.145. The highest BCUT2D eigenvalue weighted by Crippen LogP contribution is 2.61. The lowest BCUT2D eigenvalue weighted by Gasteiger charge is -2.25. The molecule has 1 saturated carbocycles. The molecule has 0 aromatic rings. The van der Waals surface area contributed by atoms with Gasteiger partial charge < -0.3 is 9.64 Å². The number of carbonyl (C=O) groups is 1. The largest absolute Gasteiger partial charge is 0.461 e. The lowest BCUT2D eigenvalue weighted by Crippen LogP contribution is -2.32. The van der Waals surface area contributed by atoms with Crippen LogP contribution in [0.1, 0.15) is 47.3 Å². The van der Waals surface area contributed by atoms with E-state index in [9.17, 15) is 4.79 Å². The van der Waals surface area contributed by atoms with Gasteiger partial charge in [0, 0.05) is 19.8 Å². The van der Waals surface area contributed by atoms with Crippen molar-refractivity contribution in [2.75, 3.05) is 20.6 Å². The Morgan fingerprint density at radius 1 is 1.52 bits per heavy atom. The molecule has 3 aliphatic rings. The maximum atomic E-state index is 12.5. The van der Waals surface area contributed by atoms with E-state index >= 15 is 0 Å². The highest BCUT2D eigenvalue weighted by atomic mass is 16.6. The Kier molecular flexibility index (Phi) is 3.56. The predicted octanol–water partition coefficient (Wildman–Crippen LogP) is 3.25. The van der Waals surface area contributed by atoms with E-state index in [0.29, 0.717) is 17.9 Å². The van der Waals surface area contributed by atoms with Gasteiger partial charge in [-0.15, -0.1) is 0 Å². The quantitative estimate of drug-likeness (QED) is 0.578. The summed E-state index contributed by atoms with van der Waals surface area (Å²) in [6.07, 6.45) is 7.64. The molecule has 118 valence electrons. The molecule has 0 N–H and O–H groups in total. The molecule has 0 radical (unpaired) electrons. The van der Waals surface area contributed by atoms with Gasteiger partial charge in [-0.25, -0.2) is 0 Å². The Hall–Kier alpha value is -0.830. The number of carbonyl (C=O) groups excluding carboxylic acids is 1. The first kappa shape index (κ1) is 13.8. The van der Waals surface area contributed by atoms with Crippen molar-refractivity contribution in [3.05, 3.63) is 11.6 Å². The topological polar surface area (TPSA) is 29.5 Å². The maximum absolute atomic E-state index is 12.5. The maximum Gasteiger partial charge on any atom is 0.310 e. The summed E-state index contributed by atoms with van der Waals surface area (Å²) >= 11 is 0. The average molecular weight is 292 g/mol. The number of esters is 1. The van der Waals surface area contributed by atoms with E-state index in [1.807, 2.05) is 19.0 Å². The van der Waals surface area contributed by atoms with Gasteiger partial charge >= 0.3 is 5.97 Å². The van der Waals surface area contributed by atoms with Crippen LogP contribution in [0.25, 0.3) is 0 Å². The Morgan fingerprint density at radius 2 is 2.29 bits per heavy atom. The van der Waals surface area contributed by atoms with E-state index in [0.717, 1.165) is 25.7 Å². The van der Waals surface area contributed by atoms with Gasteiger partial charge in [0.25, 0.3) is 0 Å². The van der Waals surface area contributed by atoms with E-state index in [1.54, 1.807) is 0 Å². The smallest absolute Gasteiger partial charge is 0.310 e. The van der Waals surface area contributed by atoms with Crippen LogP contribution >= 0.6 is 0 Å². The molecule has 3 rings (SSSR count). The minimum Gasteiger partial charge on any atom is -0.461 e. The van der Waals surface area contributed by atoms with Crippen molar-refractivity contribution < 1.29 is 10.9 Å². The summed E-state index contributed by atoms with van der Waals surface area (Å²) in [5.74, 6) is -0.915. The lowest BCUT2D eigenvalue weighted by atomic mass is 9.80. The third-order valence-electron chi connectivity index (χ3n) is 5.71. The standard InChI is InChI=1S/C18H29NO2/c1-12-6-5-9-18(2)10-15(18)16-13(8-7-12)14(11-19(3)4)17(20)21-16/h6,13-16H,5,7-11H2,1-4H3/b12-6+/t13?,14-,15?,16?,18-/m0/s1/i14D. The summed E-state index contributed by atoms with van der Waals surface area (Å²) in [5, 5.41) is 0. The fourth-order valence-corrected chi connectivity index (χ4v) is 4.23. The molecule has 5 atom stereocenters. The molecule has 0 aromatic heterocycles. The predicted molar refractivity (Wildman–Crippen MR) is 83.9 cm³/mol. The Bertz CT molecular complexity index is 503. The van der Waals surface area contributed by atoms with E-state index in [4.69, 9.17) is 6.11 Å². The van der Waals surface area contributed by atoms with Crippen LogP contribution in [0.3, 0.4) is 0 Å². The highest BCUT2D eigenvalue weighted by molar-refractivity contribution is 5.75. The van der Waals surface area contributed by atoms with Gasteiger partial charge in [0.1, 0.15) is 6.10 Å². The molecule has 0 bridgehead atoms. The first-order valence-electron chi connectivity index (χ1n) is 8.78. The first-order chi connectivity index (χ1) is 10.3. The minimum atomic E-state index is -1.10. The van der Waals surface area contributed by atoms with Gasteiger partial charge in [-0.1, -0.05) is 18.6 Å². The molecule has 2 aliphatic carbocycles. The van der Waals surface area contributed by atoms with Crippen molar-refractivity contribution in [3.63, 3.8) is 0 Å². The second-order valence-electron chi connectivity index (χ2n) is 7.83. The van der Waals surface area contributed by atoms with Crippen molar-refractivity contribution in [1.29, 1.82) is 0 Å². The number of hydrogen-bond donors (Lipinski definition) is 0. The summed E-state index contributed by atoms with van der Waals surface area (Å²) in [6, 6.07) is 0. The van der Waals surface area contributed by atoms with Crippen LogP contribution in [0.5, 0.6) is 0 Å². The summed E-state index contributed by atoms with van der Waals surface area (Å²) in [4.78, 5) is 14.4. The number of nitrogens with zero attached hydrogens (tertiary/aromatic N) is 1. The monoisotopic (exact) mass is 292 g/mol. The molecule has 3 nitrogen and oxygen atoms in total. The van der Waals surface area contributed by atoms with Gasteiger partial charge in [-0.2, -0.15) is 0 Å². The number of hydrogen-bond acceptors (Lipinski definition) is 3. The van der Waals surface area contributed by atoms with Crippen molar-refractivity contribution in [1.82, 2.24) is 4.90 Å². The van der Waals surface area contributed by atoms with Crippen LogP contribution in [0.2, 0.25) is 0 Å². The normalized spacial score (nSPS) is 49.6. The summed E-state index contributed by atoms with van der Waals surface area (Å²) < 4.78 is 14.6. The zero-order valence-corrected chi connectivity index (χ0v) is 13.8. The van der Waals surface area contributed by atoms with Crippen LogP contribution in [0.15, 0.2) is 11.6 Å². The average Bonchev–Trinajstić information content (AvgIpc) is 3.00. The molecule has 0 spiro atoms. The number of rotatable bonds is 2. The molecular formula is C18H29NO2. The zero-order chi connectivity index (χ0) is 16.1. The molecule has 3 unspecified atom stereocenters. The molecule has 2 fully saturated rings. The van der Waals surface area contributed by atoms with Crippen LogP contribution in [0.4, 0.5) is 0 Å². The van der Waals surface area contributed by atoms with Gasteiger partial charge in [0.05, 0.1) is 5.89 Å². The van der Waals surface area contributed by atoms with Gasteiger partial charge in [-0.3, -0.25) is 4.79 Å². The Morgan fingerprint density at radius 3 is 3.00 bits per heavy atom. The number of fused-ring (bicyclic) bond motifs is 3. The highest BCUT2D eigenvalue weighted by Gasteiger charge is 2.60. The van der Waals surface area contributed by atoms with Crippen molar-refractivity contribution >= 4 is 5.97 Å².